The van der Waals surface area contributed by atoms with Crippen molar-refractivity contribution in [2.75, 3.05) is 6.54 Å². The summed E-state index contributed by atoms with van der Waals surface area (Å²) in [5, 5.41) is 2.30. The molecule has 0 rings (SSSR count). The number of rotatable bonds is 4. The summed E-state index contributed by atoms with van der Waals surface area (Å²) in [6.45, 7) is 0.332. The van der Waals surface area contributed by atoms with Crippen LogP contribution in [0.1, 0.15) is 6.42 Å². The fourth-order valence-electron chi connectivity index (χ4n) is 0.254. The van der Waals surface area contributed by atoms with Crippen LogP contribution < -0.4 is 11.1 Å². The average Bonchev–Trinajstić information content (AvgIpc) is 1.66. The van der Waals surface area contributed by atoms with Gasteiger partial charge in [-0.3, -0.25) is 9.59 Å². The summed E-state index contributed by atoms with van der Waals surface area (Å²) in [5.74, 6) is -0.403. The molecule has 0 spiro atoms. The molecule has 49 valence electrons. The molecule has 0 aliphatic rings. The van der Waals surface area contributed by atoms with Gasteiger partial charge in [-0.05, 0) is 0 Å². The van der Waals surface area contributed by atoms with Gasteiger partial charge in [-0.1, -0.05) is 0 Å². The number of hydrogen-bond acceptors (Lipinski definition) is 2. The van der Waals surface area contributed by atoms with Gasteiger partial charge >= 0.3 is 0 Å². The molecule has 0 aromatic heterocycles. The van der Waals surface area contributed by atoms with Crippen LogP contribution in [0, 0.1) is 0 Å². The van der Waals surface area contributed by atoms with E-state index in [0.717, 1.165) is 0 Å². The molecule has 0 heterocycles. The third-order valence-electron chi connectivity index (χ3n) is 0.599. The second kappa shape index (κ2) is 8.04. The second-order valence-electron chi connectivity index (χ2n) is 1.29. The molecule has 0 saturated carbocycles. The second-order valence-corrected chi connectivity index (χ2v) is 1.29. The molecule has 0 fully saturated rings. The van der Waals surface area contributed by atoms with Gasteiger partial charge in [-0.25, -0.2) is 0 Å². The SMILES string of the molecule is NC(=O)CCNC=O.[Y]. The van der Waals surface area contributed by atoms with Crippen LogP contribution in [0.25, 0.3) is 0 Å². The van der Waals surface area contributed by atoms with E-state index in [0.29, 0.717) is 13.0 Å². The van der Waals surface area contributed by atoms with E-state index in [9.17, 15) is 9.59 Å². The summed E-state index contributed by atoms with van der Waals surface area (Å²) in [5.41, 5.74) is 4.74. The monoisotopic (exact) mass is 205 g/mol. The zero-order chi connectivity index (χ0) is 6.41. The van der Waals surface area contributed by atoms with Gasteiger partial charge in [0.25, 0.3) is 0 Å². The molecule has 3 N–H and O–H groups in total. The van der Waals surface area contributed by atoms with Crippen LogP contribution in [0.2, 0.25) is 0 Å². The summed E-state index contributed by atoms with van der Waals surface area (Å²) in [6.07, 6.45) is 0.738. The number of nitrogens with two attached hydrogens (primary N) is 1. The Bertz CT molecular complexity index is 96.6. The van der Waals surface area contributed by atoms with Crippen molar-refractivity contribution in [3.63, 3.8) is 0 Å². The minimum atomic E-state index is -0.403. The molecule has 0 aliphatic heterocycles. The Balaban J connectivity index is 0. The third kappa shape index (κ3) is 11.5. The normalized spacial score (nSPS) is 7.11. The molecule has 0 atom stereocenters. The Morgan fingerprint density at radius 2 is 2.22 bits per heavy atom. The predicted molar refractivity (Wildman–Crippen MR) is 27.9 cm³/mol. The maximum atomic E-state index is 9.94. The zero-order valence-electron chi connectivity index (χ0n) is 4.96. The van der Waals surface area contributed by atoms with Gasteiger partial charge in [0.15, 0.2) is 0 Å². The van der Waals surface area contributed by atoms with Crippen LogP contribution in [0.4, 0.5) is 0 Å². The van der Waals surface area contributed by atoms with Crippen LogP contribution in [-0.2, 0) is 42.3 Å². The van der Waals surface area contributed by atoms with Crippen molar-refractivity contribution < 1.29 is 42.3 Å². The quantitative estimate of drug-likeness (QED) is 0.437. The van der Waals surface area contributed by atoms with Gasteiger partial charge < -0.3 is 11.1 Å². The molecule has 1 radical (unpaired) electrons. The van der Waals surface area contributed by atoms with Crippen molar-refractivity contribution in [3.8, 4) is 0 Å². The van der Waals surface area contributed by atoms with E-state index < -0.39 is 5.91 Å². The molecule has 0 aromatic carbocycles. The average molecular weight is 205 g/mol. The molecule has 0 unspecified atom stereocenters. The third-order valence-corrected chi connectivity index (χ3v) is 0.599. The van der Waals surface area contributed by atoms with Gasteiger partial charge in [-0.2, -0.15) is 0 Å². The van der Waals surface area contributed by atoms with E-state index in [1.54, 1.807) is 0 Å². The Hall–Kier alpha value is 0.0439. The Morgan fingerprint density at radius 1 is 1.67 bits per heavy atom. The van der Waals surface area contributed by atoms with E-state index in [1.165, 1.54) is 0 Å². The minimum absolute atomic E-state index is 0. The molecule has 0 aliphatic carbocycles. The molecular formula is C4H8N2O2Y. The predicted octanol–water partition coefficient (Wildman–Crippen LogP) is -1.39. The number of amides is 2. The van der Waals surface area contributed by atoms with Gasteiger partial charge in [0.2, 0.25) is 12.3 Å². The number of carbonyl (C=O) groups excluding carboxylic acids is 2. The molecular weight excluding hydrogens is 197 g/mol. The van der Waals surface area contributed by atoms with E-state index in [1.807, 2.05) is 0 Å². The number of carbonyl (C=O) groups is 2. The van der Waals surface area contributed by atoms with Crippen LogP contribution in [0.5, 0.6) is 0 Å². The van der Waals surface area contributed by atoms with E-state index in [-0.39, 0.29) is 39.1 Å². The van der Waals surface area contributed by atoms with Gasteiger partial charge in [0, 0.05) is 45.7 Å². The standard InChI is InChI=1S/C4H8N2O2.Y/c5-4(8)1-2-6-3-7;/h3H,1-2H2,(H2,5,8)(H,6,7);. The van der Waals surface area contributed by atoms with Crippen molar-refractivity contribution in [2.24, 2.45) is 5.73 Å². The summed E-state index contributed by atoms with van der Waals surface area (Å²) in [4.78, 5) is 19.5. The fraction of sp³-hybridized carbons (Fsp3) is 0.500. The topological polar surface area (TPSA) is 72.2 Å². The number of primary amides is 1. The van der Waals surface area contributed by atoms with Gasteiger partial charge in [0.1, 0.15) is 0 Å². The fourth-order valence-corrected chi connectivity index (χ4v) is 0.254. The Labute approximate surface area is 78.4 Å². The van der Waals surface area contributed by atoms with E-state index in [2.05, 4.69) is 5.32 Å². The van der Waals surface area contributed by atoms with Gasteiger partial charge in [0.05, 0.1) is 0 Å². The first-order valence-electron chi connectivity index (χ1n) is 2.22. The molecule has 0 aromatic rings. The van der Waals surface area contributed by atoms with Crippen LogP contribution in [0.3, 0.4) is 0 Å². The number of nitrogens with one attached hydrogen (secondary N) is 1. The maximum Gasteiger partial charge on any atom is 0.219 e. The largest absolute Gasteiger partial charge is 0.370 e. The van der Waals surface area contributed by atoms with E-state index >= 15 is 0 Å². The van der Waals surface area contributed by atoms with Crippen LogP contribution in [0.15, 0.2) is 0 Å². The van der Waals surface area contributed by atoms with Gasteiger partial charge in [-0.15, -0.1) is 0 Å². The van der Waals surface area contributed by atoms with Crippen molar-refractivity contribution in [1.82, 2.24) is 5.32 Å². The number of hydrogen-bond donors (Lipinski definition) is 2. The first-order chi connectivity index (χ1) is 3.77. The minimum Gasteiger partial charge on any atom is -0.370 e. The molecule has 4 nitrogen and oxygen atoms in total. The Morgan fingerprint density at radius 3 is 2.56 bits per heavy atom. The molecule has 0 saturated heterocycles. The first-order valence-corrected chi connectivity index (χ1v) is 2.22. The molecule has 5 heteroatoms. The Kier molecular flexibility index (Phi) is 10.5. The molecule has 2 amide bonds. The van der Waals surface area contributed by atoms with Crippen molar-refractivity contribution in [3.05, 3.63) is 0 Å². The van der Waals surface area contributed by atoms with Crippen molar-refractivity contribution in [2.45, 2.75) is 6.42 Å². The summed E-state index contributed by atoms with van der Waals surface area (Å²) in [7, 11) is 0. The molecule has 0 bridgehead atoms. The summed E-state index contributed by atoms with van der Waals surface area (Å²) >= 11 is 0. The van der Waals surface area contributed by atoms with Crippen LogP contribution in [-0.4, -0.2) is 18.9 Å². The van der Waals surface area contributed by atoms with E-state index in [4.69, 9.17) is 5.73 Å². The zero-order valence-corrected chi connectivity index (χ0v) is 7.80. The first kappa shape index (κ1) is 11.8. The summed E-state index contributed by atoms with van der Waals surface area (Å²) < 4.78 is 0. The smallest absolute Gasteiger partial charge is 0.219 e. The van der Waals surface area contributed by atoms with Crippen LogP contribution >= 0.6 is 0 Å². The molecule has 9 heavy (non-hydrogen) atoms. The van der Waals surface area contributed by atoms with Crippen molar-refractivity contribution in [1.29, 1.82) is 0 Å². The van der Waals surface area contributed by atoms with Crippen molar-refractivity contribution >= 4 is 12.3 Å². The maximum absolute atomic E-state index is 9.94. The summed E-state index contributed by atoms with van der Waals surface area (Å²) in [6, 6.07) is 0.